The van der Waals surface area contributed by atoms with Gasteiger partial charge in [0.1, 0.15) is 0 Å². The van der Waals surface area contributed by atoms with Crippen LogP contribution >= 0.6 is 34.7 Å². The molecule has 0 saturated carbocycles. The first-order chi connectivity index (χ1) is 11.5. The smallest absolute Gasteiger partial charge is 0.260 e. The number of hydrogen-bond donors (Lipinski definition) is 1. The van der Waals surface area contributed by atoms with Crippen LogP contribution in [-0.2, 0) is 4.79 Å². The molecule has 1 aliphatic heterocycles. The fourth-order valence-corrected chi connectivity index (χ4v) is 4.57. The number of likely N-dealkylation sites (tertiary alicyclic amines) is 1. The Morgan fingerprint density at radius 1 is 1.29 bits per heavy atom. The number of aromatic nitrogens is 2. The highest BCUT2D eigenvalue weighted by Crippen LogP contribution is 2.33. The summed E-state index contributed by atoms with van der Waals surface area (Å²) >= 11 is 8.43. The van der Waals surface area contributed by atoms with Crippen molar-refractivity contribution < 1.29 is 9.59 Å². The normalized spacial score (nSPS) is 18.5. The summed E-state index contributed by atoms with van der Waals surface area (Å²) in [7, 11) is 0. The third-order valence-electron chi connectivity index (χ3n) is 3.64. The van der Waals surface area contributed by atoms with Crippen molar-refractivity contribution in [3.8, 4) is 0 Å². The lowest BCUT2D eigenvalue weighted by Crippen LogP contribution is -2.41. The van der Waals surface area contributed by atoms with Crippen LogP contribution in [0.5, 0.6) is 0 Å². The van der Waals surface area contributed by atoms with Gasteiger partial charge in [0.25, 0.3) is 5.91 Å². The Bertz CT molecular complexity index is 750. The molecular formula is C15H15ClN4O2S2. The third-order valence-corrected chi connectivity index (χ3v) is 5.98. The zero-order valence-corrected chi connectivity index (χ0v) is 15.0. The molecule has 9 heteroatoms. The van der Waals surface area contributed by atoms with E-state index in [4.69, 9.17) is 17.3 Å². The maximum atomic E-state index is 12.8. The number of carbonyl (C=O) groups is 2. The number of imide groups is 1. The number of halogens is 1. The lowest BCUT2D eigenvalue weighted by atomic mass is 10.2. The van der Waals surface area contributed by atoms with Crippen molar-refractivity contribution in [2.45, 2.75) is 28.9 Å². The van der Waals surface area contributed by atoms with Crippen LogP contribution in [0.2, 0.25) is 5.02 Å². The summed E-state index contributed by atoms with van der Waals surface area (Å²) in [6.45, 7) is 0.426. The van der Waals surface area contributed by atoms with Gasteiger partial charge in [-0.1, -0.05) is 41.1 Å². The molecule has 1 saturated heterocycles. The van der Waals surface area contributed by atoms with E-state index in [1.54, 1.807) is 24.3 Å². The van der Waals surface area contributed by atoms with Crippen LogP contribution in [0.4, 0.5) is 5.13 Å². The minimum absolute atomic E-state index is 0.189. The first-order valence-electron chi connectivity index (χ1n) is 7.41. The number of nitrogens with zero attached hydrogens (tertiary/aromatic N) is 3. The highest BCUT2D eigenvalue weighted by Gasteiger charge is 2.32. The van der Waals surface area contributed by atoms with Crippen molar-refractivity contribution in [3.05, 3.63) is 34.9 Å². The van der Waals surface area contributed by atoms with Gasteiger partial charge in [-0.3, -0.25) is 14.5 Å². The number of nitrogens with two attached hydrogens (primary N) is 1. The van der Waals surface area contributed by atoms with E-state index in [-0.39, 0.29) is 17.1 Å². The minimum atomic E-state index is -0.351. The van der Waals surface area contributed by atoms with E-state index < -0.39 is 0 Å². The fourth-order valence-electron chi connectivity index (χ4n) is 2.46. The van der Waals surface area contributed by atoms with Gasteiger partial charge in [-0.15, -0.1) is 10.2 Å². The summed E-state index contributed by atoms with van der Waals surface area (Å²) in [5.74, 6) is -0.479. The van der Waals surface area contributed by atoms with Crippen LogP contribution in [0.25, 0.3) is 0 Å². The Kier molecular flexibility index (Phi) is 5.37. The van der Waals surface area contributed by atoms with Crippen LogP contribution in [0.3, 0.4) is 0 Å². The van der Waals surface area contributed by atoms with Crippen LogP contribution in [-0.4, -0.2) is 38.7 Å². The molecule has 2 amide bonds. The van der Waals surface area contributed by atoms with Crippen molar-refractivity contribution in [2.24, 2.45) is 0 Å². The SMILES string of the molecule is Nc1nnc(SC2CCCCN(C(=O)c3ccc(Cl)cc3)C2=O)s1. The highest BCUT2D eigenvalue weighted by molar-refractivity contribution is 8.02. The lowest BCUT2D eigenvalue weighted by molar-refractivity contribution is -0.127. The molecule has 1 aliphatic rings. The molecule has 1 aromatic carbocycles. The molecule has 2 aromatic rings. The Morgan fingerprint density at radius 3 is 2.71 bits per heavy atom. The van der Waals surface area contributed by atoms with E-state index in [1.165, 1.54) is 28.0 Å². The van der Waals surface area contributed by atoms with Crippen molar-refractivity contribution >= 4 is 51.6 Å². The second-order valence-corrected chi connectivity index (χ2v) is 8.21. The Hall–Kier alpha value is -1.64. The second kappa shape index (κ2) is 7.50. The van der Waals surface area contributed by atoms with Crippen molar-refractivity contribution in [1.29, 1.82) is 0 Å². The highest BCUT2D eigenvalue weighted by atomic mass is 35.5. The fraction of sp³-hybridized carbons (Fsp3) is 0.333. The number of rotatable bonds is 3. The van der Waals surface area contributed by atoms with Crippen LogP contribution in [0.15, 0.2) is 28.6 Å². The molecule has 0 aliphatic carbocycles. The summed E-state index contributed by atoms with van der Waals surface area (Å²) < 4.78 is 0.645. The average molecular weight is 383 g/mol. The summed E-state index contributed by atoms with van der Waals surface area (Å²) in [5, 5.41) is 8.28. The molecule has 24 heavy (non-hydrogen) atoms. The molecule has 1 fully saturated rings. The van der Waals surface area contributed by atoms with Crippen molar-refractivity contribution in [1.82, 2.24) is 15.1 Å². The van der Waals surface area contributed by atoms with Gasteiger partial charge >= 0.3 is 0 Å². The number of carbonyl (C=O) groups excluding carboxylic acids is 2. The maximum absolute atomic E-state index is 12.8. The standard InChI is InChI=1S/C15H15ClN4O2S2/c16-10-6-4-9(5-7-10)12(21)20-8-2-1-3-11(13(20)22)23-15-19-18-14(17)24-15/h4-7,11H,1-3,8H2,(H2,17,18). The lowest BCUT2D eigenvalue weighted by Gasteiger charge is -2.22. The average Bonchev–Trinajstić information content (AvgIpc) is 2.89. The van der Waals surface area contributed by atoms with Gasteiger partial charge in [-0.25, -0.2) is 0 Å². The van der Waals surface area contributed by atoms with E-state index >= 15 is 0 Å². The number of benzene rings is 1. The van der Waals surface area contributed by atoms with Gasteiger partial charge in [0.15, 0.2) is 4.34 Å². The molecule has 1 atom stereocenters. The molecule has 0 spiro atoms. The summed E-state index contributed by atoms with van der Waals surface area (Å²) in [6, 6.07) is 6.56. The zero-order chi connectivity index (χ0) is 17.1. The monoisotopic (exact) mass is 382 g/mol. The zero-order valence-electron chi connectivity index (χ0n) is 12.6. The van der Waals surface area contributed by atoms with Crippen LogP contribution in [0.1, 0.15) is 29.6 Å². The molecule has 126 valence electrons. The molecule has 2 heterocycles. The van der Waals surface area contributed by atoms with Gasteiger partial charge in [0.05, 0.1) is 5.25 Å². The van der Waals surface area contributed by atoms with Gasteiger partial charge in [0, 0.05) is 17.1 Å². The number of amides is 2. The Morgan fingerprint density at radius 2 is 2.04 bits per heavy atom. The van der Waals surface area contributed by atoms with Gasteiger partial charge < -0.3 is 5.73 Å². The van der Waals surface area contributed by atoms with Gasteiger partial charge in [-0.05, 0) is 37.1 Å². The minimum Gasteiger partial charge on any atom is -0.374 e. The Labute approximate surface area is 152 Å². The van der Waals surface area contributed by atoms with E-state index in [2.05, 4.69) is 10.2 Å². The van der Waals surface area contributed by atoms with Gasteiger partial charge in [-0.2, -0.15) is 0 Å². The van der Waals surface area contributed by atoms with Crippen LogP contribution in [0, 0.1) is 0 Å². The van der Waals surface area contributed by atoms with Crippen molar-refractivity contribution in [2.75, 3.05) is 12.3 Å². The first kappa shape index (κ1) is 17.2. The van der Waals surface area contributed by atoms with E-state index in [9.17, 15) is 9.59 Å². The number of hydrogen-bond acceptors (Lipinski definition) is 7. The molecule has 1 aromatic heterocycles. The number of anilines is 1. The second-order valence-electron chi connectivity index (χ2n) is 5.31. The van der Waals surface area contributed by atoms with E-state index in [0.29, 0.717) is 33.0 Å². The molecule has 0 bridgehead atoms. The number of thioether (sulfide) groups is 1. The topological polar surface area (TPSA) is 89.2 Å². The quantitative estimate of drug-likeness (QED) is 0.820. The molecule has 2 N–H and O–H groups in total. The van der Waals surface area contributed by atoms with E-state index in [0.717, 1.165) is 12.8 Å². The van der Waals surface area contributed by atoms with Crippen LogP contribution < -0.4 is 5.73 Å². The summed E-state index contributed by atoms with van der Waals surface area (Å²) in [5.41, 5.74) is 6.04. The van der Waals surface area contributed by atoms with Gasteiger partial charge in [0.2, 0.25) is 11.0 Å². The largest absolute Gasteiger partial charge is 0.374 e. The summed E-state index contributed by atoms with van der Waals surface area (Å²) in [4.78, 5) is 26.8. The molecule has 3 rings (SSSR count). The predicted molar refractivity (Wildman–Crippen MR) is 95.3 cm³/mol. The Balaban J connectivity index is 1.78. The van der Waals surface area contributed by atoms with E-state index in [1.807, 2.05) is 0 Å². The first-order valence-corrected chi connectivity index (χ1v) is 9.49. The molecule has 1 unspecified atom stereocenters. The van der Waals surface area contributed by atoms with Crippen molar-refractivity contribution in [3.63, 3.8) is 0 Å². The maximum Gasteiger partial charge on any atom is 0.260 e. The third kappa shape index (κ3) is 3.88. The molecular weight excluding hydrogens is 368 g/mol. The molecule has 0 radical (unpaired) electrons. The molecule has 6 nitrogen and oxygen atoms in total. The summed E-state index contributed by atoms with van der Waals surface area (Å²) in [6.07, 6.45) is 2.37. The predicted octanol–water partition coefficient (Wildman–Crippen LogP) is 3.09. The number of nitrogen functional groups attached to an aromatic ring is 1.